The number of carboxylic acid groups (broad SMARTS) is 2. The summed E-state index contributed by atoms with van der Waals surface area (Å²) >= 11 is 0. The number of aliphatic hydroxyl groups is 1. The van der Waals surface area contributed by atoms with Gasteiger partial charge in [0.05, 0.1) is 54.2 Å². The van der Waals surface area contributed by atoms with Crippen LogP contribution < -0.4 is 21.9 Å². The van der Waals surface area contributed by atoms with Gasteiger partial charge in [0.1, 0.15) is 12.1 Å². The first-order valence-corrected chi connectivity index (χ1v) is 24.8. The molecule has 1 saturated heterocycles. The number of nitrogens with one attached hydrogen (secondary N) is 3. The third kappa shape index (κ3) is 17.0. The second kappa shape index (κ2) is 22.8. The number of ether oxygens (including phenoxy) is 1. The van der Waals surface area contributed by atoms with E-state index in [1.54, 1.807) is 6.08 Å². The largest absolute Gasteiger partial charge is 0.490 e. The number of carboxylic acids is 2. The summed E-state index contributed by atoms with van der Waals surface area (Å²) in [5.41, 5.74) is 5.63. The van der Waals surface area contributed by atoms with Crippen LogP contribution in [-0.2, 0) is 55.5 Å². The molecule has 61 heavy (non-hydrogen) atoms. The first kappa shape index (κ1) is 51.9. The number of Topliss-reactive ketones (excluding diaryl/α,β-unsaturated/α-hetero) is 1. The summed E-state index contributed by atoms with van der Waals surface area (Å²) < 4.78 is 52.4. The number of aromatic nitrogens is 2. The molecule has 9 atom stereocenters. The number of anilines is 1. The van der Waals surface area contributed by atoms with Crippen molar-refractivity contribution in [3.8, 4) is 11.8 Å². The van der Waals surface area contributed by atoms with Crippen LogP contribution in [0.25, 0.3) is 5.57 Å². The number of aliphatic hydroxyl groups excluding tert-OH is 1. The van der Waals surface area contributed by atoms with Gasteiger partial charge in [-0.1, -0.05) is 46.4 Å². The number of fused-ring (bicyclic) bond motifs is 1. The molecular formula is C31H44N5O20P3S2. The number of nitrogens with zero attached hydrogens (tertiary/aromatic N) is 1. The number of H-pyrrole nitrogens is 1. The van der Waals surface area contributed by atoms with Crippen molar-refractivity contribution in [3.05, 3.63) is 27.7 Å². The molecule has 0 radical (unpaired) electrons. The number of hydrogen-bond acceptors (Lipinski definition) is 18. The number of carbonyl (C=O) groups excluding carboxylic acids is 3. The smallest absolute Gasteiger partial charge is 0.481 e. The summed E-state index contributed by atoms with van der Waals surface area (Å²) in [4.78, 5) is 117. The molecule has 2 amide bonds. The monoisotopic (exact) mass is 963 g/mol. The van der Waals surface area contributed by atoms with Gasteiger partial charge in [0.25, 0.3) is 5.56 Å². The van der Waals surface area contributed by atoms with Gasteiger partial charge in [-0.3, -0.25) is 33.5 Å². The van der Waals surface area contributed by atoms with Gasteiger partial charge in [-0.25, -0.2) is 23.5 Å². The molecule has 0 saturated carbocycles. The number of aromatic amines is 1. The van der Waals surface area contributed by atoms with Crippen LogP contribution >= 0.6 is 45.1 Å². The first-order valence-electron chi connectivity index (χ1n) is 17.8. The number of nitrogen functional groups attached to an aromatic ring is 1. The average molecular weight is 964 g/mol. The molecule has 1 fully saturated rings. The highest BCUT2D eigenvalue weighted by Crippen LogP contribution is 2.66. The molecule has 0 aromatic carbocycles. The lowest BCUT2D eigenvalue weighted by Gasteiger charge is -2.21. The van der Waals surface area contributed by atoms with Gasteiger partial charge in [0.2, 0.25) is 17.8 Å². The number of rotatable bonds is 24. The number of allylic oxidation sites excluding steroid dienone is 1. The molecule has 2 aliphatic rings. The Balaban J connectivity index is 1.59. The van der Waals surface area contributed by atoms with E-state index in [0.717, 1.165) is 0 Å². The molecule has 0 spiro atoms. The summed E-state index contributed by atoms with van der Waals surface area (Å²) in [5.74, 6) is -0.656. The van der Waals surface area contributed by atoms with Crippen molar-refractivity contribution in [1.82, 2.24) is 20.6 Å². The molecule has 0 bridgehead atoms. The lowest BCUT2D eigenvalue weighted by molar-refractivity contribution is -0.144. The molecule has 1 aliphatic heterocycles. The molecule has 2 heterocycles. The van der Waals surface area contributed by atoms with Crippen molar-refractivity contribution in [2.75, 3.05) is 23.8 Å². The Labute approximate surface area is 354 Å². The fraction of sp³-hybridized carbons (Fsp3) is 0.581. The zero-order valence-electron chi connectivity index (χ0n) is 32.1. The number of phosphoric acid groups is 3. The minimum Gasteiger partial charge on any atom is -0.481 e. The number of aliphatic carboxylic acids is 2. The van der Waals surface area contributed by atoms with Gasteiger partial charge >= 0.3 is 35.4 Å². The van der Waals surface area contributed by atoms with Crippen molar-refractivity contribution in [3.63, 3.8) is 0 Å². The third-order valence-electron chi connectivity index (χ3n) is 8.55. The normalized spacial score (nSPS) is 21.9. The minimum atomic E-state index is -5.78. The Morgan fingerprint density at radius 3 is 2.34 bits per heavy atom. The zero-order chi connectivity index (χ0) is 45.9. The highest BCUT2D eigenvalue weighted by molar-refractivity contribution is 8.76. The highest BCUT2D eigenvalue weighted by Gasteiger charge is 2.45. The topological polar surface area (TPSA) is 411 Å². The van der Waals surface area contributed by atoms with Gasteiger partial charge in [-0.05, 0) is 19.3 Å². The molecular weight excluding hydrogens is 919 g/mol. The Morgan fingerprint density at radius 2 is 1.74 bits per heavy atom. The van der Waals surface area contributed by atoms with E-state index in [2.05, 4.69) is 45.6 Å². The van der Waals surface area contributed by atoms with Gasteiger partial charge < -0.3 is 56.0 Å². The molecule has 1 aromatic rings. The fourth-order valence-electron chi connectivity index (χ4n) is 6.00. The maximum absolute atomic E-state index is 13.1. The predicted molar refractivity (Wildman–Crippen MR) is 214 cm³/mol. The van der Waals surface area contributed by atoms with Crippen molar-refractivity contribution >= 4 is 86.1 Å². The highest BCUT2D eigenvalue weighted by atomic mass is 33.1. The average Bonchev–Trinajstić information content (AvgIpc) is 3.67. The maximum atomic E-state index is 13.1. The number of nitrogens with two attached hydrogens (primary N) is 1. The summed E-state index contributed by atoms with van der Waals surface area (Å²) in [6.45, 7) is 1.78. The van der Waals surface area contributed by atoms with Gasteiger partial charge in [-0.2, -0.15) is 8.62 Å². The van der Waals surface area contributed by atoms with Crippen molar-refractivity contribution in [2.45, 2.75) is 88.7 Å². The molecule has 340 valence electrons. The van der Waals surface area contributed by atoms with E-state index in [9.17, 15) is 67.6 Å². The first-order chi connectivity index (χ1) is 28.3. The number of carbonyl (C=O) groups is 5. The molecule has 3 rings (SSSR count). The molecule has 1 aromatic heterocycles. The van der Waals surface area contributed by atoms with Gasteiger partial charge in [0, 0.05) is 37.0 Å². The van der Waals surface area contributed by atoms with E-state index in [-0.39, 0.29) is 47.8 Å². The van der Waals surface area contributed by atoms with E-state index >= 15 is 0 Å². The summed E-state index contributed by atoms with van der Waals surface area (Å²) in [6, 6.07) is -2.32. The SMILES string of the molecule is CCC(NC(=O)C(CC(=O)O)CC(=O)C(CCCSSCC#CC1=CC(C2CC(O)C(COP(=O)(O)OP(=O)(O)OP(=O)(O)O)O2)c2nc(N)[nH]c(=O)c21)NC(C)=O)C(=O)O. The van der Waals surface area contributed by atoms with Crippen LogP contribution in [-0.4, -0.2) is 123 Å². The Bertz CT molecular complexity index is 2120. The number of amides is 2. The number of hydrogen-bond donors (Lipinski definition) is 11. The van der Waals surface area contributed by atoms with E-state index < -0.39 is 120 Å². The Hall–Kier alpha value is -3.44. The Morgan fingerprint density at radius 1 is 1.05 bits per heavy atom. The summed E-state index contributed by atoms with van der Waals surface area (Å²) in [7, 11) is -14.2. The summed E-state index contributed by atoms with van der Waals surface area (Å²) in [5, 5.41) is 33.9. The van der Waals surface area contributed by atoms with Crippen molar-refractivity contribution in [1.29, 1.82) is 0 Å². The minimum absolute atomic E-state index is 0.0253. The van der Waals surface area contributed by atoms with Crippen molar-refractivity contribution < 1.29 is 90.4 Å². The summed E-state index contributed by atoms with van der Waals surface area (Å²) in [6.07, 6.45) is -2.94. The van der Waals surface area contributed by atoms with Crippen LogP contribution in [0.3, 0.4) is 0 Å². The second-order valence-electron chi connectivity index (χ2n) is 13.3. The van der Waals surface area contributed by atoms with E-state index in [4.69, 9.17) is 20.3 Å². The van der Waals surface area contributed by atoms with E-state index in [1.165, 1.54) is 35.4 Å². The molecule has 30 heteroatoms. The lowest BCUT2D eigenvalue weighted by atomic mass is 9.92. The molecule has 1 aliphatic carbocycles. The standard InChI is InChI=1S/C31H44N5O20P3S2/c1-3-19(30(44)45)34-28(42)17(12-25(40)41)11-21(38)20(33-15(2)37)7-5-9-61-60-8-4-6-16-10-18(27-26(16)29(43)36-31(32)35-27)23-13-22(39)24(54-23)14-53-58(49,50)56-59(51,52)55-57(46,47)48/h10,17-20,22-24,39H,3,5,7-9,11-14H2,1-2H3,(H,33,37)(H,34,42)(H,40,41)(H,44,45)(H,49,50)(H,51,52)(H2,46,47,48)(H3,32,35,36,43). The van der Waals surface area contributed by atoms with Crippen LogP contribution in [0.2, 0.25) is 0 Å². The van der Waals surface area contributed by atoms with Crippen molar-refractivity contribution in [2.24, 2.45) is 5.92 Å². The van der Waals surface area contributed by atoms with E-state index in [1.807, 2.05) is 0 Å². The number of phosphoric ester groups is 1. The van der Waals surface area contributed by atoms with E-state index in [0.29, 0.717) is 12.2 Å². The fourth-order valence-corrected chi connectivity index (χ4v) is 10.8. The Kier molecular flexibility index (Phi) is 19.4. The molecule has 9 unspecified atom stereocenters. The molecule has 25 nitrogen and oxygen atoms in total. The predicted octanol–water partition coefficient (Wildman–Crippen LogP) is 0.394. The second-order valence-corrected chi connectivity index (χ2v) is 20.3. The van der Waals surface area contributed by atoms with Gasteiger partial charge in [0.15, 0.2) is 5.78 Å². The van der Waals surface area contributed by atoms with Crippen LogP contribution in [0.1, 0.15) is 69.5 Å². The van der Waals surface area contributed by atoms with Gasteiger partial charge in [-0.15, -0.1) is 0 Å². The van der Waals surface area contributed by atoms with Crippen LogP contribution in [0.4, 0.5) is 5.95 Å². The van der Waals surface area contributed by atoms with Crippen LogP contribution in [0, 0.1) is 17.8 Å². The lowest BCUT2D eigenvalue weighted by Crippen LogP contribution is -2.46. The van der Waals surface area contributed by atoms with Crippen LogP contribution in [0.15, 0.2) is 10.9 Å². The third-order valence-corrected chi connectivity index (χ3v) is 14.6. The molecule has 12 N–H and O–H groups in total. The maximum Gasteiger partial charge on any atom is 0.490 e. The zero-order valence-corrected chi connectivity index (χ0v) is 36.4. The van der Waals surface area contributed by atoms with Crippen LogP contribution in [0.5, 0.6) is 0 Å². The number of ketones is 1. The quantitative estimate of drug-likeness (QED) is 0.0289.